The molecule has 1 heterocycles. The quantitative estimate of drug-likeness (QED) is 0.739. The highest BCUT2D eigenvalue weighted by atomic mass is 16.5. The van der Waals surface area contributed by atoms with E-state index in [2.05, 4.69) is 5.32 Å². The van der Waals surface area contributed by atoms with Crippen LogP contribution in [0.3, 0.4) is 0 Å². The summed E-state index contributed by atoms with van der Waals surface area (Å²) in [6.07, 6.45) is 2.00. The van der Waals surface area contributed by atoms with Crippen LogP contribution in [0.1, 0.15) is 33.6 Å². The van der Waals surface area contributed by atoms with E-state index in [0.717, 1.165) is 26.1 Å². The Bertz CT molecular complexity index is 217. The third-order valence-corrected chi connectivity index (χ3v) is 2.58. The van der Waals surface area contributed by atoms with Crippen LogP contribution in [-0.2, 0) is 14.3 Å². The third kappa shape index (κ3) is 6.08. The summed E-state index contributed by atoms with van der Waals surface area (Å²) >= 11 is 0. The van der Waals surface area contributed by atoms with E-state index < -0.39 is 0 Å². The molecule has 1 N–H and O–H groups in total. The molecule has 4 heteroatoms. The maximum absolute atomic E-state index is 11.4. The second-order valence-corrected chi connectivity index (χ2v) is 5.34. The summed E-state index contributed by atoms with van der Waals surface area (Å²) in [6, 6.07) is 0. The van der Waals surface area contributed by atoms with Gasteiger partial charge in [0, 0.05) is 18.8 Å². The van der Waals surface area contributed by atoms with Crippen molar-refractivity contribution in [1.82, 2.24) is 5.32 Å². The number of carbonyl (C=O) groups excluding carboxylic acids is 1. The van der Waals surface area contributed by atoms with Crippen molar-refractivity contribution < 1.29 is 14.3 Å². The first-order valence-corrected chi connectivity index (χ1v) is 5.96. The van der Waals surface area contributed by atoms with E-state index in [1.807, 2.05) is 20.8 Å². The first kappa shape index (κ1) is 13.5. The first-order chi connectivity index (χ1) is 7.47. The predicted octanol–water partition coefficient (Wildman–Crippen LogP) is 1.34. The monoisotopic (exact) mass is 229 g/mol. The number of hydrogen-bond acceptors (Lipinski definition) is 4. The van der Waals surface area contributed by atoms with Crippen molar-refractivity contribution in [2.24, 2.45) is 5.92 Å². The van der Waals surface area contributed by atoms with Crippen LogP contribution in [0, 0.1) is 5.92 Å². The van der Waals surface area contributed by atoms with Crippen LogP contribution in [0.5, 0.6) is 0 Å². The highest BCUT2D eigenvalue weighted by molar-refractivity contribution is 5.71. The number of rotatable bonds is 4. The summed E-state index contributed by atoms with van der Waals surface area (Å²) in [4.78, 5) is 11.4. The molecule has 0 aromatic heterocycles. The van der Waals surface area contributed by atoms with Crippen molar-refractivity contribution in [1.29, 1.82) is 0 Å². The Hall–Kier alpha value is -0.610. The largest absolute Gasteiger partial charge is 0.464 e. The molecule has 0 amide bonds. The lowest BCUT2D eigenvalue weighted by Gasteiger charge is -2.23. The topological polar surface area (TPSA) is 47.6 Å². The van der Waals surface area contributed by atoms with Gasteiger partial charge in [0.2, 0.25) is 0 Å². The van der Waals surface area contributed by atoms with Gasteiger partial charge in [-0.25, -0.2) is 0 Å². The molecule has 0 unspecified atom stereocenters. The summed E-state index contributed by atoms with van der Waals surface area (Å²) in [7, 11) is 0. The number of nitrogens with one attached hydrogen (secondary N) is 1. The van der Waals surface area contributed by atoms with Crippen LogP contribution in [0.4, 0.5) is 0 Å². The van der Waals surface area contributed by atoms with E-state index in [-0.39, 0.29) is 18.1 Å². The molecular formula is C12H23NO3. The minimum Gasteiger partial charge on any atom is -0.464 e. The lowest BCUT2D eigenvalue weighted by atomic mass is 10.0. The first-order valence-electron chi connectivity index (χ1n) is 5.96. The minimum atomic E-state index is -0.165. The summed E-state index contributed by atoms with van der Waals surface area (Å²) in [5.41, 5.74) is -0.0439. The zero-order valence-corrected chi connectivity index (χ0v) is 10.5. The summed E-state index contributed by atoms with van der Waals surface area (Å²) in [5, 5.41) is 3.11. The fourth-order valence-corrected chi connectivity index (χ4v) is 1.51. The van der Waals surface area contributed by atoms with Gasteiger partial charge in [-0.15, -0.1) is 0 Å². The Morgan fingerprint density at radius 2 is 2.00 bits per heavy atom. The van der Waals surface area contributed by atoms with Crippen LogP contribution in [0.25, 0.3) is 0 Å². The molecule has 0 radical (unpaired) electrons. The molecule has 94 valence electrons. The Labute approximate surface area is 97.7 Å². The molecule has 0 atom stereocenters. The molecule has 0 aromatic rings. The van der Waals surface area contributed by atoms with Gasteiger partial charge in [0.15, 0.2) is 0 Å². The molecule has 0 saturated carbocycles. The molecule has 1 aliphatic heterocycles. The molecule has 4 nitrogen and oxygen atoms in total. The van der Waals surface area contributed by atoms with Crippen molar-refractivity contribution in [2.45, 2.75) is 39.2 Å². The van der Waals surface area contributed by atoms with E-state index in [0.29, 0.717) is 12.5 Å². The van der Waals surface area contributed by atoms with Crippen molar-refractivity contribution in [3.05, 3.63) is 0 Å². The average molecular weight is 229 g/mol. The second-order valence-electron chi connectivity index (χ2n) is 5.34. The van der Waals surface area contributed by atoms with Gasteiger partial charge in [0.25, 0.3) is 0 Å². The van der Waals surface area contributed by atoms with Crippen LogP contribution in [-0.4, -0.2) is 37.9 Å². The second kappa shape index (κ2) is 6.21. The maximum Gasteiger partial charge on any atom is 0.319 e. The van der Waals surface area contributed by atoms with Crippen LogP contribution in [0.2, 0.25) is 0 Å². The SMILES string of the molecule is CC(C)(C)NCC(=O)OCC1CCOCC1. The molecule has 0 spiro atoms. The van der Waals surface area contributed by atoms with E-state index in [9.17, 15) is 4.79 Å². The van der Waals surface area contributed by atoms with E-state index in [4.69, 9.17) is 9.47 Å². The minimum absolute atomic E-state index is 0.0439. The molecule has 1 aliphatic rings. The molecule has 0 bridgehead atoms. The molecule has 1 rings (SSSR count). The van der Waals surface area contributed by atoms with Crippen molar-refractivity contribution >= 4 is 5.97 Å². The lowest BCUT2D eigenvalue weighted by molar-refractivity contribution is -0.145. The van der Waals surface area contributed by atoms with Gasteiger partial charge in [-0.2, -0.15) is 0 Å². The molecular weight excluding hydrogens is 206 g/mol. The van der Waals surface area contributed by atoms with Gasteiger partial charge >= 0.3 is 5.97 Å². The van der Waals surface area contributed by atoms with E-state index in [1.54, 1.807) is 0 Å². The van der Waals surface area contributed by atoms with Crippen LogP contribution < -0.4 is 5.32 Å². The predicted molar refractivity (Wildman–Crippen MR) is 62.3 cm³/mol. The maximum atomic E-state index is 11.4. The van der Waals surface area contributed by atoms with Gasteiger partial charge in [0.1, 0.15) is 0 Å². The fourth-order valence-electron chi connectivity index (χ4n) is 1.51. The standard InChI is InChI=1S/C12H23NO3/c1-12(2,3)13-8-11(14)16-9-10-4-6-15-7-5-10/h10,13H,4-9H2,1-3H3. The highest BCUT2D eigenvalue weighted by Crippen LogP contribution is 2.14. The van der Waals surface area contributed by atoms with E-state index in [1.165, 1.54) is 0 Å². The Morgan fingerprint density at radius 3 is 2.56 bits per heavy atom. The van der Waals surface area contributed by atoms with Crippen LogP contribution in [0.15, 0.2) is 0 Å². The molecule has 0 aliphatic carbocycles. The number of carbonyl (C=O) groups is 1. The lowest BCUT2D eigenvalue weighted by Crippen LogP contribution is -2.40. The van der Waals surface area contributed by atoms with Gasteiger partial charge in [-0.3, -0.25) is 4.79 Å². The summed E-state index contributed by atoms with van der Waals surface area (Å²) < 4.78 is 10.5. The van der Waals surface area contributed by atoms with Crippen molar-refractivity contribution in [3.8, 4) is 0 Å². The smallest absolute Gasteiger partial charge is 0.319 e. The number of esters is 1. The van der Waals surface area contributed by atoms with Crippen molar-refractivity contribution in [2.75, 3.05) is 26.4 Å². The van der Waals surface area contributed by atoms with Gasteiger partial charge in [-0.1, -0.05) is 0 Å². The zero-order valence-electron chi connectivity index (χ0n) is 10.5. The van der Waals surface area contributed by atoms with Gasteiger partial charge in [0.05, 0.1) is 13.2 Å². The molecule has 1 saturated heterocycles. The molecule has 0 aromatic carbocycles. The fraction of sp³-hybridized carbons (Fsp3) is 0.917. The van der Waals surface area contributed by atoms with Gasteiger partial charge in [-0.05, 0) is 39.5 Å². The summed E-state index contributed by atoms with van der Waals surface area (Å²) in [6.45, 7) is 8.49. The summed E-state index contributed by atoms with van der Waals surface area (Å²) in [5.74, 6) is 0.314. The highest BCUT2D eigenvalue weighted by Gasteiger charge is 2.17. The Kier molecular flexibility index (Phi) is 5.22. The molecule has 16 heavy (non-hydrogen) atoms. The normalized spacial score (nSPS) is 18.4. The van der Waals surface area contributed by atoms with Crippen molar-refractivity contribution in [3.63, 3.8) is 0 Å². The average Bonchev–Trinajstić information content (AvgIpc) is 2.24. The Balaban J connectivity index is 2.09. The number of ether oxygens (including phenoxy) is 2. The molecule has 1 fully saturated rings. The van der Waals surface area contributed by atoms with E-state index >= 15 is 0 Å². The third-order valence-electron chi connectivity index (χ3n) is 2.58. The zero-order chi connectivity index (χ0) is 12.0. The number of hydrogen-bond donors (Lipinski definition) is 1. The van der Waals surface area contributed by atoms with Gasteiger partial charge < -0.3 is 14.8 Å². The van der Waals surface area contributed by atoms with Crippen LogP contribution >= 0.6 is 0 Å². The Morgan fingerprint density at radius 1 is 1.38 bits per heavy atom.